The van der Waals surface area contributed by atoms with Gasteiger partial charge in [0.1, 0.15) is 0 Å². The third-order valence-electron chi connectivity index (χ3n) is 1.42. The second-order valence-corrected chi connectivity index (χ2v) is 3.36. The van der Waals surface area contributed by atoms with Crippen LogP contribution in [0.1, 0.15) is 27.7 Å². The molecule has 0 radical (unpaired) electrons. The molecule has 0 heterocycles. The number of carbonyl (C=O) groups excluding carboxylic acids is 1. The first-order valence-corrected chi connectivity index (χ1v) is 3.51. The quantitative estimate of drug-likeness (QED) is 0.462. The van der Waals surface area contributed by atoms with Gasteiger partial charge in [-0.2, -0.15) is 5.90 Å². The summed E-state index contributed by atoms with van der Waals surface area (Å²) < 4.78 is 0. The maximum atomic E-state index is 11.0. The van der Waals surface area contributed by atoms with Crippen LogP contribution in [0.15, 0.2) is 11.6 Å². The van der Waals surface area contributed by atoms with Crippen LogP contribution >= 0.6 is 0 Å². The first-order valence-electron chi connectivity index (χ1n) is 3.51. The molecule has 0 unspecified atom stereocenters. The molecule has 11 heavy (non-hydrogen) atoms. The highest BCUT2D eigenvalue weighted by Gasteiger charge is 2.23. The van der Waals surface area contributed by atoms with E-state index < -0.39 is 5.97 Å². The van der Waals surface area contributed by atoms with E-state index in [0.717, 1.165) is 0 Å². The van der Waals surface area contributed by atoms with Gasteiger partial charge in [0, 0.05) is 5.57 Å². The lowest BCUT2D eigenvalue weighted by Crippen LogP contribution is -2.22. The zero-order valence-corrected chi connectivity index (χ0v) is 7.47. The molecule has 0 aliphatic carbocycles. The Balaban J connectivity index is 4.58. The minimum absolute atomic E-state index is 0.203. The van der Waals surface area contributed by atoms with E-state index in [4.69, 9.17) is 5.90 Å². The molecule has 64 valence electrons. The van der Waals surface area contributed by atoms with Crippen molar-refractivity contribution in [3.8, 4) is 0 Å². The molecule has 0 aliphatic rings. The van der Waals surface area contributed by atoms with Gasteiger partial charge in [0.2, 0.25) is 0 Å². The maximum Gasteiger partial charge on any atom is 0.352 e. The lowest BCUT2D eigenvalue weighted by atomic mass is 9.86. The zero-order valence-electron chi connectivity index (χ0n) is 7.47. The molecule has 0 aromatic carbocycles. The van der Waals surface area contributed by atoms with Gasteiger partial charge in [-0.05, 0) is 12.3 Å². The van der Waals surface area contributed by atoms with Crippen LogP contribution in [0.25, 0.3) is 0 Å². The van der Waals surface area contributed by atoms with E-state index in [2.05, 4.69) is 4.84 Å². The fourth-order valence-corrected chi connectivity index (χ4v) is 0.921. The van der Waals surface area contributed by atoms with Crippen LogP contribution in [0, 0.1) is 5.41 Å². The van der Waals surface area contributed by atoms with Crippen molar-refractivity contribution < 1.29 is 9.63 Å². The maximum absolute atomic E-state index is 11.0. The van der Waals surface area contributed by atoms with Crippen molar-refractivity contribution in [1.29, 1.82) is 0 Å². The van der Waals surface area contributed by atoms with Crippen molar-refractivity contribution in [3.05, 3.63) is 11.6 Å². The summed E-state index contributed by atoms with van der Waals surface area (Å²) in [5.41, 5.74) is 0.394. The lowest BCUT2D eigenvalue weighted by Gasteiger charge is -2.19. The number of hydrogen-bond donors (Lipinski definition) is 1. The Morgan fingerprint density at radius 1 is 1.45 bits per heavy atom. The van der Waals surface area contributed by atoms with Crippen LogP contribution in [0.5, 0.6) is 0 Å². The number of hydrogen-bond acceptors (Lipinski definition) is 3. The molecule has 0 amide bonds. The molecular formula is C8H15NO2. The number of nitrogens with two attached hydrogens (primary N) is 1. The summed E-state index contributed by atoms with van der Waals surface area (Å²) in [5, 5.41) is 0. The van der Waals surface area contributed by atoms with Crippen molar-refractivity contribution in [2.24, 2.45) is 11.3 Å². The molecular weight excluding hydrogens is 142 g/mol. The molecule has 0 fully saturated rings. The Morgan fingerprint density at radius 2 is 1.91 bits per heavy atom. The second-order valence-electron chi connectivity index (χ2n) is 3.36. The molecule has 0 spiro atoms. The zero-order chi connectivity index (χ0) is 9.07. The lowest BCUT2D eigenvalue weighted by molar-refractivity contribution is -0.140. The monoisotopic (exact) mass is 157 g/mol. The highest BCUT2D eigenvalue weighted by Crippen LogP contribution is 2.25. The summed E-state index contributed by atoms with van der Waals surface area (Å²) in [6.07, 6.45) is 1.72. The Morgan fingerprint density at radius 3 is 2.00 bits per heavy atom. The van der Waals surface area contributed by atoms with Crippen molar-refractivity contribution in [1.82, 2.24) is 0 Å². The third-order valence-corrected chi connectivity index (χ3v) is 1.42. The SMILES string of the molecule is CC=C(C(=O)ON)C(C)(C)C. The van der Waals surface area contributed by atoms with Gasteiger partial charge in [0.15, 0.2) is 0 Å². The normalized spacial score (nSPS) is 13.0. The highest BCUT2D eigenvalue weighted by molar-refractivity contribution is 5.89. The van der Waals surface area contributed by atoms with Crippen LogP contribution in [-0.4, -0.2) is 5.97 Å². The summed E-state index contributed by atoms with van der Waals surface area (Å²) >= 11 is 0. The average molecular weight is 157 g/mol. The smallest absolute Gasteiger partial charge is 0.352 e. The molecule has 0 aromatic heterocycles. The van der Waals surface area contributed by atoms with Gasteiger partial charge in [0.25, 0.3) is 0 Å². The van der Waals surface area contributed by atoms with Gasteiger partial charge in [-0.25, -0.2) is 4.79 Å². The molecule has 0 rings (SSSR count). The minimum atomic E-state index is -0.458. The molecule has 0 aromatic rings. The van der Waals surface area contributed by atoms with Crippen LogP contribution in [0.3, 0.4) is 0 Å². The van der Waals surface area contributed by atoms with Crippen LogP contribution in [0.4, 0.5) is 0 Å². The molecule has 3 nitrogen and oxygen atoms in total. The van der Waals surface area contributed by atoms with E-state index in [1.54, 1.807) is 13.0 Å². The molecule has 3 heteroatoms. The van der Waals surface area contributed by atoms with Crippen molar-refractivity contribution in [3.63, 3.8) is 0 Å². The molecule has 0 atom stereocenters. The van der Waals surface area contributed by atoms with Crippen molar-refractivity contribution in [2.75, 3.05) is 0 Å². The van der Waals surface area contributed by atoms with Gasteiger partial charge in [-0.1, -0.05) is 26.8 Å². The molecule has 0 saturated heterocycles. The van der Waals surface area contributed by atoms with E-state index >= 15 is 0 Å². The molecule has 0 aliphatic heterocycles. The summed E-state index contributed by atoms with van der Waals surface area (Å²) in [6.45, 7) is 7.58. The Hall–Kier alpha value is -0.830. The van der Waals surface area contributed by atoms with Gasteiger partial charge in [-0.3, -0.25) is 0 Å². The topological polar surface area (TPSA) is 52.3 Å². The average Bonchev–Trinajstić information content (AvgIpc) is 1.86. The van der Waals surface area contributed by atoms with Gasteiger partial charge < -0.3 is 4.84 Å². The van der Waals surface area contributed by atoms with E-state index in [0.29, 0.717) is 5.57 Å². The minimum Gasteiger partial charge on any atom is -0.370 e. The third kappa shape index (κ3) is 2.72. The van der Waals surface area contributed by atoms with Crippen molar-refractivity contribution in [2.45, 2.75) is 27.7 Å². The summed E-state index contributed by atoms with van der Waals surface area (Å²) in [5.74, 6) is 4.30. The number of carbonyl (C=O) groups is 1. The van der Waals surface area contributed by atoms with Gasteiger partial charge in [0.05, 0.1) is 0 Å². The first kappa shape index (κ1) is 10.2. The van der Waals surface area contributed by atoms with Crippen molar-refractivity contribution >= 4 is 5.97 Å². The van der Waals surface area contributed by atoms with Crippen LogP contribution < -0.4 is 5.90 Å². The predicted octanol–water partition coefficient (Wildman–Crippen LogP) is 1.40. The summed E-state index contributed by atoms with van der Waals surface area (Å²) in [6, 6.07) is 0. The Labute approximate surface area is 67.2 Å². The van der Waals surface area contributed by atoms with E-state index in [1.807, 2.05) is 20.8 Å². The standard InChI is InChI=1S/C8H15NO2/c1-5-6(7(10)11-9)8(2,3)4/h5H,9H2,1-4H3. The molecule has 0 saturated carbocycles. The molecule has 0 bridgehead atoms. The van der Waals surface area contributed by atoms with Gasteiger partial charge >= 0.3 is 5.97 Å². The fraction of sp³-hybridized carbons (Fsp3) is 0.625. The van der Waals surface area contributed by atoms with Crippen LogP contribution in [0.2, 0.25) is 0 Å². The predicted molar refractivity (Wildman–Crippen MR) is 43.5 cm³/mol. The molecule has 2 N–H and O–H groups in total. The summed E-state index contributed by atoms with van der Waals surface area (Å²) in [4.78, 5) is 15.1. The van der Waals surface area contributed by atoms with Crippen LogP contribution in [-0.2, 0) is 9.63 Å². The first-order chi connectivity index (χ1) is 4.93. The summed E-state index contributed by atoms with van der Waals surface area (Å²) in [7, 11) is 0. The number of allylic oxidation sites excluding steroid dienone is 1. The fourth-order valence-electron chi connectivity index (χ4n) is 0.921. The van der Waals surface area contributed by atoms with E-state index in [-0.39, 0.29) is 5.41 Å². The highest BCUT2D eigenvalue weighted by atomic mass is 16.7. The van der Waals surface area contributed by atoms with E-state index in [9.17, 15) is 4.79 Å². The second kappa shape index (κ2) is 3.53. The van der Waals surface area contributed by atoms with E-state index in [1.165, 1.54) is 0 Å². The largest absolute Gasteiger partial charge is 0.370 e. The van der Waals surface area contributed by atoms with Gasteiger partial charge in [-0.15, -0.1) is 0 Å². The number of rotatable bonds is 1. The Kier molecular flexibility index (Phi) is 3.26. The Bertz CT molecular complexity index is 177.